The Bertz CT molecular complexity index is 249. The van der Waals surface area contributed by atoms with E-state index in [1.54, 1.807) is 0 Å². The number of nitrogens with two attached hydrogens (primary N) is 1. The van der Waals surface area contributed by atoms with Gasteiger partial charge in [0.2, 0.25) is 0 Å². The minimum Gasteiger partial charge on any atom is -0.380 e. The Labute approximate surface area is 112 Å². The van der Waals surface area contributed by atoms with Crippen LogP contribution >= 0.6 is 0 Å². The van der Waals surface area contributed by atoms with Gasteiger partial charge in [-0.2, -0.15) is 0 Å². The van der Waals surface area contributed by atoms with E-state index < -0.39 is 0 Å². The van der Waals surface area contributed by atoms with Crippen LogP contribution in [0, 0.1) is 11.8 Å². The van der Waals surface area contributed by atoms with Crippen molar-refractivity contribution >= 4 is 0 Å². The van der Waals surface area contributed by atoms with Crippen molar-refractivity contribution in [2.24, 2.45) is 17.6 Å². The van der Waals surface area contributed by atoms with Crippen molar-refractivity contribution in [3.05, 3.63) is 0 Å². The SMILES string of the molecule is CC(C)C1CCCC(CN)(N2CCCOCC2)C1. The third-order valence-corrected chi connectivity index (χ3v) is 5.08. The van der Waals surface area contributed by atoms with E-state index in [1.165, 1.54) is 32.2 Å². The molecule has 106 valence electrons. The van der Waals surface area contributed by atoms with Gasteiger partial charge in [0, 0.05) is 31.8 Å². The van der Waals surface area contributed by atoms with E-state index in [-0.39, 0.29) is 5.54 Å². The van der Waals surface area contributed by atoms with Crippen LogP contribution < -0.4 is 5.73 Å². The monoisotopic (exact) mass is 254 g/mol. The second kappa shape index (κ2) is 6.36. The maximum absolute atomic E-state index is 6.20. The minimum atomic E-state index is 0.265. The molecule has 3 heteroatoms. The Kier molecular flexibility index (Phi) is 5.05. The molecule has 2 N–H and O–H groups in total. The van der Waals surface area contributed by atoms with Crippen molar-refractivity contribution in [1.29, 1.82) is 0 Å². The van der Waals surface area contributed by atoms with Gasteiger partial charge in [0.15, 0.2) is 0 Å². The summed E-state index contributed by atoms with van der Waals surface area (Å²) in [5, 5.41) is 0. The molecule has 2 rings (SSSR count). The maximum atomic E-state index is 6.20. The predicted molar refractivity (Wildman–Crippen MR) is 75.6 cm³/mol. The summed E-state index contributed by atoms with van der Waals surface area (Å²) in [6.45, 7) is 9.59. The minimum absolute atomic E-state index is 0.265. The summed E-state index contributed by atoms with van der Waals surface area (Å²) in [5.74, 6) is 1.64. The summed E-state index contributed by atoms with van der Waals surface area (Å²) >= 11 is 0. The topological polar surface area (TPSA) is 38.5 Å². The molecule has 2 aliphatic rings. The van der Waals surface area contributed by atoms with Crippen molar-refractivity contribution in [3.63, 3.8) is 0 Å². The van der Waals surface area contributed by atoms with Crippen LogP contribution in [0.25, 0.3) is 0 Å². The van der Waals surface area contributed by atoms with Crippen molar-refractivity contribution in [3.8, 4) is 0 Å². The van der Waals surface area contributed by atoms with Gasteiger partial charge in [-0.25, -0.2) is 0 Å². The third kappa shape index (κ3) is 3.06. The van der Waals surface area contributed by atoms with E-state index in [0.29, 0.717) is 0 Å². The average molecular weight is 254 g/mol. The molecule has 1 heterocycles. The second-order valence-electron chi connectivity index (χ2n) is 6.48. The third-order valence-electron chi connectivity index (χ3n) is 5.08. The van der Waals surface area contributed by atoms with Crippen LogP contribution in [0.15, 0.2) is 0 Å². The first-order valence-corrected chi connectivity index (χ1v) is 7.71. The Morgan fingerprint density at radius 1 is 1.28 bits per heavy atom. The van der Waals surface area contributed by atoms with Crippen LogP contribution in [0.4, 0.5) is 0 Å². The molecule has 0 amide bonds. The van der Waals surface area contributed by atoms with Crippen LogP contribution in [0.1, 0.15) is 46.0 Å². The molecular weight excluding hydrogens is 224 g/mol. The molecule has 0 aromatic carbocycles. The largest absolute Gasteiger partial charge is 0.380 e. The molecule has 1 saturated heterocycles. The number of hydrogen-bond donors (Lipinski definition) is 1. The zero-order valence-corrected chi connectivity index (χ0v) is 12.2. The Morgan fingerprint density at radius 3 is 2.83 bits per heavy atom. The number of nitrogens with zero attached hydrogens (tertiary/aromatic N) is 1. The standard InChI is InChI=1S/C15H30N2O/c1-13(2)14-5-3-6-15(11-14,12-16)17-7-4-9-18-10-8-17/h13-14H,3-12,16H2,1-2H3. The van der Waals surface area contributed by atoms with Gasteiger partial charge in [-0.3, -0.25) is 4.90 Å². The molecule has 18 heavy (non-hydrogen) atoms. The van der Waals surface area contributed by atoms with Crippen LogP contribution in [0.5, 0.6) is 0 Å². The summed E-state index contributed by atoms with van der Waals surface area (Å²) in [7, 11) is 0. The van der Waals surface area contributed by atoms with E-state index in [9.17, 15) is 0 Å². The van der Waals surface area contributed by atoms with Crippen LogP contribution in [0.2, 0.25) is 0 Å². The van der Waals surface area contributed by atoms with Gasteiger partial charge in [-0.05, 0) is 31.1 Å². The summed E-state index contributed by atoms with van der Waals surface area (Å²) in [4.78, 5) is 2.65. The maximum Gasteiger partial charge on any atom is 0.0593 e. The van der Waals surface area contributed by atoms with Gasteiger partial charge >= 0.3 is 0 Å². The molecule has 0 radical (unpaired) electrons. The second-order valence-corrected chi connectivity index (χ2v) is 6.48. The fourth-order valence-electron chi connectivity index (χ4n) is 3.78. The van der Waals surface area contributed by atoms with E-state index in [0.717, 1.165) is 44.6 Å². The molecule has 3 nitrogen and oxygen atoms in total. The summed E-state index contributed by atoms with van der Waals surface area (Å²) < 4.78 is 5.60. The van der Waals surface area contributed by atoms with E-state index >= 15 is 0 Å². The molecular formula is C15H30N2O. The van der Waals surface area contributed by atoms with E-state index in [1.807, 2.05) is 0 Å². The first kappa shape index (κ1) is 14.3. The molecule has 0 aromatic heterocycles. The predicted octanol–water partition coefficient (Wildman–Crippen LogP) is 2.25. The lowest BCUT2D eigenvalue weighted by atomic mass is 9.71. The smallest absolute Gasteiger partial charge is 0.0593 e. The van der Waals surface area contributed by atoms with Crippen LogP contribution in [0.3, 0.4) is 0 Å². The van der Waals surface area contributed by atoms with Gasteiger partial charge < -0.3 is 10.5 Å². The molecule has 0 bridgehead atoms. The number of ether oxygens (including phenoxy) is 1. The molecule has 0 spiro atoms. The Morgan fingerprint density at radius 2 is 2.11 bits per heavy atom. The molecule has 2 unspecified atom stereocenters. The first-order chi connectivity index (χ1) is 8.68. The van der Waals surface area contributed by atoms with Gasteiger partial charge in [0.25, 0.3) is 0 Å². The fourth-order valence-corrected chi connectivity index (χ4v) is 3.78. The van der Waals surface area contributed by atoms with Crippen molar-refractivity contribution in [2.45, 2.75) is 51.5 Å². The zero-order valence-electron chi connectivity index (χ0n) is 12.2. The van der Waals surface area contributed by atoms with Gasteiger partial charge in [0.1, 0.15) is 0 Å². The van der Waals surface area contributed by atoms with Gasteiger partial charge in [-0.15, -0.1) is 0 Å². The molecule has 1 aliphatic heterocycles. The summed E-state index contributed by atoms with van der Waals surface area (Å²) in [6, 6.07) is 0. The van der Waals surface area contributed by atoms with Gasteiger partial charge in [-0.1, -0.05) is 26.7 Å². The molecule has 2 atom stereocenters. The average Bonchev–Trinajstić information content (AvgIpc) is 2.68. The first-order valence-electron chi connectivity index (χ1n) is 7.71. The Hall–Kier alpha value is -0.120. The molecule has 0 aromatic rings. The molecule has 2 fully saturated rings. The quantitative estimate of drug-likeness (QED) is 0.839. The molecule has 1 saturated carbocycles. The lowest BCUT2D eigenvalue weighted by Gasteiger charge is -2.48. The fraction of sp³-hybridized carbons (Fsp3) is 1.00. The Balaban J connectivity index is 2.07. The highest BCUT2D eigenvalue weighted by molar-refractivity contribution is 4.97. The zero-order chi connectivity index (χ0) is 13.0. The lowest BCUT2D eigenvalue weighted by molar-refractivity contribution is 0.0231. The highest BCUT2D eigenvalue weighted by Crippen LogP contribution is 2.39. The van der Waals surface area contributed by atoms with Gasteiger partial charge in [0.05, 0.1) is 6.61 Å². The van der Waals surface area contributed by atoms with E-state index in [4.69, 9.17) is 10.5 Å². The normalized spacial score (nSPS) is 35.7. The molecule has 1 aliphatic carbocycles. The highest BCUT2D eigenvalue weighted by Gasteiger charge is 2.40. The lowest BCUT2D eigenvalue weighted by Crippen LogP contribution is -2.57. The van der Waals surface area contributed by atoms with Crippen molar-refractivity contribution in [1.82, 2.24) is 4.90 Å². The number of rotatable bonds is 3. The van der Waals surface area contributed by atoms with Crippen LogP contribution in [-0.2, 0) is 4.74 Å². The summed E-state index contributed by atoms with van der Waals surface area (Å²) in [6.07, 6.45) is 6.48. The summed E-state index contributed by atoms with van der Waals surface area (Å²) in [5.41, 5.74) is 6.46. The van der Waals surface area contributed by atoms with Crippen molar-refractivity contribution < 1.29 is 4.74 Å². The highest BCUT2D eigenvalue weighted by atomic mass is 16.5. The number of hydrogen-bond acceptors (Lipinski definition) is 3. The van der Waals surface area contributed by atoms with Crippen LogP contribution in [-0.4, -0.2) is 43.3 Å². The van der Waals surface area contributed by atoms with E-state index in [2.05, 4.69) is 18.7 Å². The van der Waals surface area contributed by atoms with Crippen molar-refractivity contribution in [2.75, 3.05) is 32.8 Å².